The molecule has 0 aromatic carbocycles. The summed E-state index contributed by atoms with van der Waals surface area (Å²) in [5.74, 6) is 0.685. The van der Waals surface area contributed by atoms with Crippen LogP contribution in [-0.2, 0) is 19.0 Å². The third kappa shape index (κ3) is 11.8. The number of ether oxygens (including phenoxy) is 3. The zero-order valence-electron chi connectivity index (χ0n) is 13.7. The highest BCUT2D eigenvalue weighted by Gasteiger charge is 2.03. The van der Waals surface area contributed by atoms with Crippen LogP contribution in [0.3, 0.4) is 0 Å². The highest BCUT2D eigenvalue weighted by molar-refractivity contribution is 5.69. The van der Waals surface area contributed by atoms with E-state index in [1.54, 1.807) is 13.4 Å². The molecule has 0 heterocycles. The lowest BCUT2D eigenvalue weighted by atomic mass is 10.1. The third-order valence-corrected chi connectivity index (χ3v) is 2.57. The van der Waals surface area contributed by atoms with Gasteiger partial charge in [0.15, 0.2) is 0 Å². The van der Waals surface area contributed by atoms with Crippen molar-refractivity contribution in [1.82, 2.24) is 0 Å². The summed E-state index contributed by atoms with van der Waals surface area (Å²) >= 11 is 0. The van der Waals surface area contributed by atoms with Gasteiger partial charge in [-0.1, -0.05) is 19.9 Å². The Balaban J connectivity index is 4.50. The van der Waals surface area contributed by atoms with Gasteiger partial charge in [0.25, 0.3) is 0 Å². The molecule has 4 heteroatoms. The molecule has 0 aliphatic heterocycles. The first-order valence-corrected chi connectivity index (χ1v) is 7.49. The van der Waals surface area contributed by atoms with Gasteiger partial charge in [0.1, 0.15) is 0 Å². The molecule has 0 aliphatic rings. The molecule has 0 N–H and O–H groups in total. The Bertz CT molecular complexity index is 367. The quantitative estimate of drug-likeness (QED) is 0.326. The van der Waals surface area contributed by atoms with Crippen LogP contribution in [0.15, 0.2) is 35.8 Å². The summed E-state index contributed by atoms with van der Waals surface area (Å²) in [5, 5.41) is 0. The second-order valence-electron chi connectivity index (χ2n) is 4.63. The van der Waals surface area contributed by atoms with Crippen LogP contribution in [0, 0.1) is 0 Å². The lowest BCUT2D eigenvalue weighted by molar-refractivity contribution is -0.143. The SMILES string of the molecule is CCCOC(=O)CCC(=C/C=C(\C)OCCC)/C=C/OC. The molecule has 0 aromatic rings. The van der Waals surface area contributed by atoms with Gasteiger partial charge in [-0.25, -0.2) is 0 Å². The van der Waals surface area contributed by atoms with Crippen molar-refractivity contribution >= 4 is 5.97 Å². The second kappa shape index (κ2) is 13.3. The zero-order valence-corrected chi connectivity index (χ0v) is 13.7. The van der Waals surface area contributed by atoms with Gasteiger partial charge in [0, 0.05) is 6.42 Å². The topological polar surface area (TPSA) is 44.8 Å². The number of hydrogen-bond acceptors (Lipinski definition) is 4. The minimum atomic E-state index is -0.170. The summed E-state index contributed by atoms with van der Waals surface area (Å²) in [7, 11) is 1.59. The number of methoxy groups -OCH3 is 1. The first-order valence-electron chi connectivity index (χ1n) is 7.49. The summed E-state index contributed by atoms with van der Waals surface area (Å²) in [6.07, 6.45) is 10.1. The molecule has 0 rings (SSSR count). The van der Waals surface area contributed by atoms with Crippen molar-refractivity contribution in [3.63, 3.8) is 0 Å². The van der Waals surface area contributed by atoms with E-state index < -0.39 is 0 Å². The van der Waals surface area contributed by atoms with Crippen LogP contribution < -0.4 is 0 Å². The number of carbonyl (C=O) groups excluding carboxylic acids is 1. The summed E-state index contributed by atoms with van der Waals surface area (Å²) in [6, 6.07) is 0. The van der Waals surface area contributed by atoms with Gasteiger partial charge in [0.05, 0.1) is 32.3 Å². The first kappa shape index (κ1) is 19.3. The summed E-state index contributed by atoms with van der Waals surface area (Å²) < 4.78 is 15.5. The maximum absolute atomic E-state index is 11.5. The predicted molar refractivity (Wildman–Crippen MR) is 84.7 cm³/mol. The van der Waals surface area contributed by atoms with Crippen LogP contribution in [0.25, 0.3) is 0 Å². The van der Waals surface area contributed by atoms with E-state index in [4.69, 9.17) is 14.2 Å². The Morgan fingerprint density at radius 1 is 1.00 bits per heavy atom. The minimum absolute atomic E-state index is 0.170. The lowest BCUT2D eigenvalue weighted by Crippen LogP contribution is -2.05. The number of allylic oxidation sites excluding steroid dienone is 5. The average molecular weight is 296 g/mol. The Morgan fingerprint density at radius 3 is 2.29 bits per heavy atom. The van der Waals surface area contributed by atoms with E-state index >= 15 is 0 Å². The highest BCUT2D eigenvalue weighted by Crippen LogP contribution is 2.10. The van der Waals surface area contributed by atoms with Gasteiger partial charge in [-0.2, -0.15) is 0 Å². The monoisotopic (exact) mass is 296 g/mol. The van der Waals surface area contributed by atoms with E-state index in [0.717, 1.165) is 24.2 Å². The fourth-order valence-corrected chi connectivity index (χ4v) is 1.45. The Hall–Kier alpha value is -1.71. The number of hydrogen-bond donors (Lipinski definition) is 0. The van der Waals surface area contributed by atoms with Crippen molar-refractivity contribution in [3.05, 3.63) is 35.8 Å². The molecule has 0 radical (unpaired) electrons. The van der Waals surface area contributed by atoms with E-state index in [1.165, 1.54) is 0 Å². The van der Waals surface area contributed by atoms with Crippen LogP contribution in [0.4, 0.5) is 0 Å². The molecule has 0 amide bonds. The predicted octanol–water partition coefficient (Wildman–Crippen LogP) is 4.14. The lowest BCUT2D eigenvalue weighted by Gasteiger charge is -2.05. The van der Waals surface area contributed by atoms with E-state index in [9.17, 15) is 4.79 Å². The van der Waals surface area contributed by atoms with Crippen molar-refractivity contribution < 1.29 is 19.0 Å². The van der Waals surface area contributed by atoms with Crippen molar-refractivity contribution in [2.45, 2.75) is 46.5 Å². The van der Waals surface area contributed by atoms with Crippen LogP contribution >= 0.6 is 0 Å². The van der Waals surface area contributed by atoms with E-state index in [1.807, 2.05) is 32.1 Å². The molecular weight excluding hydrogens is 268 g/mol. The fourth-order valence-electron chi connectivity index (χ4n) is 1.45. The molecule has 0 bridgehead atoms. The average Bonchev–Trinajstić information content (AvgIpc) is 2.49. The molecule has 0 fully saturated rings. The van der Waals surface area contributed by atoms with Crippen molar-refractivity contribution in [3.8, 4) is 0 Å². The second-order valence-corrected chi connectivity index (χ2v) is 4.63. The minimum Gasteiger partial charge on any atom is -0.504 e. The molecule has 0 spiro atoms. The summed E-state index contributed by atoms with van der Waals surface area (Å²) in [6.45, 7) is 7.15. The zero-order chi connectivity index (χ0) is 15.9. The van der Waals surface area contributed by atoms with Crippen molar-refractivity contribution in [1.29, 1.82) is 0 Å². The number of esters is 1. The molecule has 0 aromatic heterocycles. The van der Waals surface area contributed by atoms with E-state index in [-0.39, 0.29) is 5.97 Å². The van der Waals surface area contributed by atoms with Gasteiger partial charge >= 0.3 is 5.97 Å². The van der Waals surface area contributed by atoms with Gasteiger partial charge in [0.2, 0.25) is 0 Å². The molecule has 0 saturated carbocycles. The van der Waals surface area contributed by atoms with Gasteiger partial charge < -0.3 is 14.2 Å². The Morgan fingerprint density at radius 2 is 1.67 bits per heavy atom. The smallest absolute Gasteiger partial charge is 0.306 e. The molecular formula is C17H28O4. The molecule has 120 valence electrons. The molecule has 0 atom stereocenters. The van der Waals surface area contributed by atoms with E-state index in [0.29, 0.717) is 26.1 Å². The van der Waals surface area contributed by atoms with E-state index in [2.05, 4.69) is 6.92 Å². The molecule has 21 heavy (non-hydrogen) atoms. The largest absolute Gasteiger partial charge is 0.504 e. The normalized spacial score (nSPS) is 12.6. The Labute approximate surface area is 128 Å². The molecule has 0 saturated heterocycles. The van der Waals surface area contributed by atoms with Crippen LogP contribution in [0.1, 0.15) is 46.5 Å². The number of carbonyl (C=O) groups is 1. The van der Waals surface area contributed by atoms with Crippen molar-refractivity contribution in [2.24, 2.45) is 0 Å². The third-order valence-electron chi connectivity index (χ3n) is 2.57. The van der Waals surface area contributed by atoms with Crippen LogP contribution in [-0.4, -0.2) is 26.3 Å². The standard InChI is InChI=1S/C17H28O4/c1-5-12-20-15(3)7-8-16(11-14-19-4)9-10-17(18)21-13-6-2/h7-8,11,14H,5-6,9-10,12-13H2,1-4H3/b14-11+,15-7+,16-8-. The van der Waals surface area contributed by atoms with Crippen molar-refractivity contribution in [2.75, 3.05) is 20.3 Å². The number of rotatable bonds is 11. The highest BCUT2D eigenvalue weighted by atomic mass is 16.5. The first-order chi connectivity index (χ1) is 10.1. The molecule has 0 aliphatic carbocycles. The summed E-state index contributed by atoms with van der Waals surface area (Å²) in [4.78, 5) is 11.5. The molecule has 4 nitrogen and oxygen atoms in total. The fraction of sp³-hybridized carbons (Fsp3) is 0.588. The van der Waals surface area contributed by atoms with Gasteiger partial charge in [-0.3, -0.25) is 4.79 Å². The van der Waals surface area contributed by atoms with Crippen LogP contribution in [0.2, 0.25) is 0 Å². The summed E-state index contributed by atoms with van der Waals surface area (Å²) in [5.41, 5.74) is 0.991. The molecule has 0 unspecified atom stereocenters. The van der Waals surface area contributed by atoms with Gasteiger partial charge in [-0.05, 0) is 43.9 Å². The van der Waals surface area contributed by atoms with Crippen LogP contribution in [0.5, 0.6) is 0 Å². The maximum atomic E-state index is 11.5. The Kier molecular flexibility index (Phi) is 12.2. The maximum Gasteiger partial charge on any atom is 0.306 e. The van der Waals surface area contributed by atoms with Gasteiger partial charge in [-0.15, -0.1) is 0 Å².